The minimum Gasteiger partial charge on any atom is -0.566 e. The van der Waals surface area contributed by atoms with E-state index in [1.54, 1.807) is 0 Å². The number of hydrogen-bond donors (Lipinski definition) is 0. The van der Waals surface area contributed by atoms with Gasteiger partial charge in [-0.25, -0.2) is 0 Å². The number of hydrogen-bond acceptors (Lipinski definition) is 3. The van der Waals surface area contributed by atoms with Gasteiger partial charge in [0.15, 0.2) is 0 Å². The monoisotopic (exact) mass is 234 g/mol. The van der Waals surface area contributed by atoms with E-state index >= 15 is 0 Å². The van der Waals surface area contributed by atoms with Crippen LogP contribution in [0.3, 0.4) is 0 Å². The lowest BCUT2D eigenvalue weighted by Gasteiger charge is -2.01. The van der Waals surface area contributed by atoms with Gasteiger partial charge in [-0.2, -0.15) is 0 Å². The van der Waals surface area contributed by atoms with Crippen LogP contribution in [0, 0.1) is 0 Å². The molecular formula is C12H11O3P. The van der Waals surface area contributed by atoms with Crippen LogP contribution < -0.4 is 4.89 Å². The molecule has 82 valence electrons. The summed E-state index contributed by atoms with van der Waals surface area (Å²) in [5, 5.41) is 2.34. The number of fused-ring (bicyclic) bond motifs is 1. The molecule has 0 saturated carbocycles. The third-order valence-corrected chi connectivity index (χ3v) is 2.79. The van der Waals surface area contributed by atoms with E-state index in [4.69, 9.17) is 0 Å². The average molecular weight is 234 g/mol. The molecule has 0 aliphatic heterocycles. The van der Waals surface area contributed by atoms with E-state index in [9.17, 15) is 9.46 Å². The van der Waals surface area contributed by atoms with E-state index in [1.165, 1.54) is 5.39 Å². The van der Waals surface area contributed by atoms with Gasteiger partial charge in [-0.15, -0.1) is 4.52 Å². The normalized spacial score (nSPS) is 11.7. The molecule has 16 heavy (non-hydrogen) atoms. The summed E-state index contributed by atoms with van der Waals surface area (Å²) in [6, 6.07) is 14.1. The van der Waals surface area contributed by atoms with Crippen molar-refractivity contribution >= 4 is 19.0 Å². The van der Waals surface area contributed by atoms with Crippen LogP contribution in [-0.2, 0) is 15.5 Å². The van der Waals surface area contributed by atoms with E-state index in [-0.39, 0.29) is 6.61 Å². The minimum atomic E-state index is -2.73. The number of benzene rings is 2. The van der Waals surface area contributed by atoms with Gasteiger partial charge in [-0.1, -0.05) is 42.5 Å². The van der Waals surface area contributed by atoms with Crippen molar-refractivity contribution in [2.24, 2.45) is 0 Å². The average Bonchev–Trinajstić information content (AvgIpc) is 2.28. The molecule has 2 aromatic rings. The van der Waals surface area contributed by atoms with Crippen LogP contribution in [0.5, 0.6) is 0 Å². The van der Waals surface area contributed by atoms with Crippen molar-refractivity contribution in [2.75, 3.05) is 6.61 Å². The molecule has 2 aromatic carbocycles. The maximum Gasteiger partial charge on any atom is 0.488 e. The summed E-state index contributed by atoms with van der Waals surface area (Å²) in [5.41, 5.74) is 1.08. The summed E-state index contributed by atoms with van der Waals surface area (Å²) < 4.78 is 14.7. The van der Waals surface area contributed by atoms with E-state index in [0.29, 0.717) is 6.42 Å². The first-order valence-electron chi connectivity index (χ1n) is 5.01. The molecule has 4 heteroatoms. The molecular weight excluding hydrogens is 223 g/mol. The molecule has 0 radical (unpaired) electrons. The van der Waals surface area contributed by atoms with Crippen molar-refractivity contribution in [1.29, 1.82) is 0 Å². The Labute approximate surface area is 94.6 Å². The Morgan fingerprint density at radius 1 is 1.12 bits per heavy atom. The lowest BCUT2D eigenvalue weighted by atomic mass is 10.1. The predicted octanol–water partition coefficient (Wildman–Crippen LogP) is 2.42. The standard InChI is InChI=1S/C12H11O3P/c13-16(14)15-8-7-10-5-6-11-3-1-2-4-12(11)9-10/h1-6,9H,7-8H2. The Morgan fingerprint density at radius 3 is 2.62 bits per heavy atom. The zero-order chi connectivity index (χ0) is 11.4. The van der Waals surface area contributed by atoms with Gasteiger partial charge < -0.3 is 4.89 Å². The highest BCUT2D eigenvalue weighted by molar-refractivity contribution is 7.30. The molecule has 0 aliphatic carbocycles. The zero-order valence-corrected chi connectivity index (χ0v) is 9.52. The summed E-state index contributed by atoms with van der Waals surface area (Å²) in [4.78, 5) is 10.2. The summed E-state index contributed by atoms with van der Waals surface area (Å²) >= 11 is 0. The van der Waals surface area contributed by atoms with E-state index in [0.717, 1.165) is 10.9 Å². The van der Waals surface area contributed by atoms with Crippen LogP contribution in [0.2, 0.25) is 0 Å². The van der Waals surface area contributed by atoms with Crippen molar-refractivity contribution in [1.82, 2.24) is 0 Å². The fraction of sp³-hybridized carbons (Fsp3) is 0.167. The highest BCUT2D eigenvalue weighted by atomic mass is 31.1. The van der Waals surface area contributed by atoms with Gasteiger partial charge in [-0.05, 0) is 20.9 Å². The van der Waals surface area contributed by atoms with Crippen LogP contribution in [0.4, 0.5) is 0 Å². The second kappa shape index (κ2) is 5.17. The molecule has 2 rings (SSSR count). The Hall–Kier alpha value is -1.28. The lowest BCUT2D eigenvalue weighted by Crippen LogP contribution is -1.97. The highest BCUT2D eigenvalue weighted by Gasteiger charge is 2.02. The van der Waals surface area contributed by atoms with Crippen LogP contribution in [0.15, 0.2) is 42.5 Å². The molecule has 0 fully saturated rings. The first-order chi connectivity index (χ1) is 7.75. The molecule has 0 N–H and O–H groups in total. The quantitative estimate of drug-likeness (QED) is 0.763. The van der Waals surface area contributed by atoms with Crippen LogP contribution in [0.1, 0.15) is 5.56 Å². The topological polar surface area (TPSA) is 49.4 Å². The predicted molar refractivity (Wildman–Crippen MR) is 61.2 cm³/mol. The molecule has 3 nitrogen and oxygen atoms in total. The van der Waals surface area contributed by atoms with Crippen molar-refractivity contribution in [2.45, 2.75) is 6.42 Å². The van der Waals surface area contributed by atoms with Gasteiger partial charge in [0.1, 0.15) is 6.61 Å². The molecule has 0 saturated heterocycles. The van der Waals surface area contributed by atoms with E-state index < -0.39 is 8.25 Å². The van der Waals surface area contributed by atoms with Crippen molar-refractivity contribution in [3.05, 3.63) is 48.0 Å². The van der Waals surface area contributed by atoms with Gasteiger partial charge >= 0.3 is 8.25 Å². The van der Waals surface area contributed by atoms with Crippen molar-refractivity contribution < 1.29 is 14.0 Å². The Morgan fingerprint density at radius 2 is 1.88 bits per heavy atom. The minimum absolute atomic E-state index is 0.205. The molecule has 0 aromatic heterocycles. The zero-order valence-electron chi connectivity index (χ0n) is 8.63. The Kier molecular flexibility index (Phi) is 3.62. The van der Waals surface area contributed by atoms with Gasteiger partial charge in [0.05, 0.1) is 0 Å². The summed E-state index contributed by atoms with van der Waals surface area (Å²) in [6.07, 6.45) is 0.605. The summed E-state index contributed by atoms with van der Waals surface area (Å²) in [5.74, 6) is 0. The van der Waals surface area contributed by atoms with Crippen LogP contribution in [0.25, 0.3) is 10.8 Å². The lowest BCUT2D eigenvalue weighted by molar-refractivity contribution is -0.185. The summed E-state index contributed by atoms with van der Waals surface area (Å²) in [6.45, 7) is 0.205. The molecule has 0 aliphatic rings. The van der Waals surface area contributed by atoms with E-state index in [2.05, 4.69) is 10.6 Å². The van der Waals surface area contributed by atoms with Gasteiger partial charge in [0.25, 0.3) is 0 Å². The fourth-order valence-corrected chi connectivity index (χ4v) is 1.87. The first kappa shape index (κ1) is 11.2. The maximum absolute atomic E-state index is 10.2. The maximum atomic E-state index is 10.2. The molecule has 0 spiro atoms. The van der Waals surface area contributed by atoms with Crippen LogP contribution in [-0.4, -0.2) is 6.61 Å². The Bertz CT molecular complexity index is 510. The Balaban J connectivity index is 2.10. The summed E-state index contributed by atoms with van der Waals surface area (Å²) in [7, 11) is -2.73. The highest BCUT2D eigenvalue weighted by Crippen LogP contribution is 2.17. The second-order valence-corrected chi connectivity index (χ2v) is 4.19. The largest absolute Gasteiger partial charge is 0.566 e. The molecule has 0 heterocycles. The van der Waals surface area contributed by atoms with Gasteiger partial charge in [0.2, 0.25) is 0 Å². The van der Waals surface area contributed by atoms with Gasteiger partial charge in [-0.3, -0.25) is 0 Å². The third kappa shape index (κ3) is 2.86. The molecule has 0 bridgehead atoms. The van der Waals surface area contributed by atoms with Crippen molar-refractivity contribution in [3.8, 4) is 0 Å². The van der Waals surface area contributed by atoms with Crippen molar-refractivity contribution in [3.63, 3.8) is 0 Å². The molecule has 1 unspecified atom stereocenters. The first-order valence-corrected chi connectivity index (χ1v) is 6.10. The fourth-order valence-electron chi connectivity index (χ4n) is 1.63. The van der Waals surface area contributed by atoms with Gasteiger partial charge in [0, 0.05) is 6.42 Å². The molecule has 0 amide bonds. The van der Waals surface area contributed by atoms with Crippen LogP contribution >= 0.6 is 8.25 Å². The molecule has 1 atom stereocenters. The smallest absolute Gasteiger partial charge is 0.488 e. The second-order valence-electron chi connectivity index (χ2n) is 3.49. The third-order valence-electron chi connectivity index (χ3n) is 2.40. The van der Waals surface area contributed by atoms with E-state index in [1.807, 2.05) is 36.4 Å². The SMILES string of the molecule is O=[P+]([O-])OCCc1ccc2ccccc2c1. The number of rotatable bonds is 4.